The van der Waals surface area contributed by atoms with Crippen molar-refractivity contribution in [3.05, 3.63) is 60.7 Å². The molecule has 4 nitrogen and oxygen atoms in total. The van der Waals surface area contributed by atoms with Crippen molar-refractivity contribution in [1.82, 2.24) is 0 Å². The van der Waals surface area contributed by atoms with Gasteiger partial charge in [-0.25, -0.2) is 0 Å². The van der Waals surface area contributed by atoms with Crippen LogP contribution in [-0.2, 0) is 4.74 Å². The van der Waals surface area contributed by atoms with Crippen LogP contribution in [0.4, 0.5) is 0 Å². The molecule has 1 saturated heterocycles. The van der Waals surface area contributed by atoms with Gasteiger partial charge in [-0.2, -0.15) is 0 Å². The van der Waals surface area contributed by atoms with E-state index >= 15 is 0 Å². The van der Waals surface area contributed by atoms with E-state index in [1.807, 2.05) is 27.7 Å². The minimum atomic E-state index is -0.288. The summed E-state index contributed by atoms with van der Waals surface area (Å²) in [5.74, 6) is 0.872. The molecule has 0 saturated carbocycles. The quantitative estimate of drug-likeness (QED) is 0.306. The summed E-state index contributed by atoms with van der Waals surface area (Å²) in [6.07, 6.45) is 4.36. The van der Waals surface area contributed by atoms with E-state index in [9.17, 15) is 4.79 Å². The molecule has 0 N–H and O–H groups in total. The van der Waals surface area contributed by atoms with Crippen LogP contribution in [0.1, 0.15) is 38.1 Å². The second-order valence-electron chi connectivity index (χ2n) is 4.13. The molecule has 1 aromatic rings. The molecule has 4 heteroatoms. The van der Waals surface area contributed by atoms with Gasteiger partial charge in [-0.15, -0.1) is 0 Å². The summed E-state index contributed by atoms with van der Waals surface area (Å²) in [7, 11) is 1.56. The lowest BCUT2D eigenvalue weighted by molar-refractivity contribution is 0.103. The minimum Gasteiger partial charge on any atom is -0.497 e. The summed E-state index contributed by atoms with van der Waals surface area (Å²) in [6.45, 7) is 15.8. The number of epoxide rings is 1. The van der Waals surface area contributed by atoms with E-state index in [0.29, 0.717) is 29.2 Å². The van der Waals surface area contributed by atoms with Crippen LogP contribution >= 0.6 is 0 Å². The molecule has 0 aromatic heterocycles. The fourth-order valence-corrected chi connectivity index (χ4v) is 1.68. The highest BCUT2D eigenvalue weighted by Gasteiger charge is 2.27. The minimum absolute atomic E-state index is 0.182. The van der Waals surface area contributed by atoms with Gasteiger partial charge in [-0.3, -0.25) is 4.79 Å². The van der Waals surface area contributed by atoms with Crippen molar-refractivity contribution < 1.29 is 19.0 Å². The summed E-state index contributed by atoms with van der Waals surface area (Å²) in [6, 6.07) is 5.05. The number of hydrogen-bond acceptors (Lipinski definition) is 4. The van der Waals surface area contributed by atoms with Crippen LogP contribution in [0.3, 0.4) is 0 Å². The van der Waals surface area contributed by atoms with Crippen LogP contribution < -0.4 is 9.47 Å². The van der Waals surface area contributed by atoms with Crippen molar-refractivity contribution in [3.8, 4) is 11.5 Å². The van der Waals surface area contributed by atoms with Crippen LogP contribution in [0.2, 0.25) is 0 Å². The van der Waals surface area contributed by atoms with Crippen molar-refractivity contribution in [2.75, 3.05) is 13.7 Å². The van der Waals surface area contributed by atoms with Gasteiger partial charge in [0.2, 0.25) is 6.29 Å². The largest absolute Gasteiger partial charge is 0.497 e. The van der Waals surface area contributed by atoms with Gasteiger partial charge in [0, 0.05) is 11.6 Å². The number of methoxy groups -OCH3 is 1. The number of hydrogen-bond donors (Lipinski definition) is 0. The van der Waals surface area contributed by atoms with Crippen molar-refractivity contribution in [1.29, 1.82) is 0 Å². The molecule has 0 bridgehead atoms. The molecule has 0 aliphatic carbocycles. The monoisotopic (exact) mass is 332 g/mol. The molecule has 1 aliphatic heterocycles. The Morgan fingerprint density at radius 1 is 1.25 bits per heavy atom. The molecule has 0 amide bonds. The van der Waals surface area contributed by atoms with Crippen LogP contribution in [-0.4, -0.2) is 25.8 Å². The van der Waals surface area contributed by atoms with E-state index in [1.54, 1.807) is 37.5 Å². The van der Waals surface area contributed by atoms with Gasteiger partial charge in [0.25, 0.3) is 0 Å². The Hall–Kier alpha value is -2.33. The lowest BCUT2D eigenvalue weighted by Gasteiger charge is -2.11. The zero-order valence-electron chi connectivity index (χ0n) is 15.3. The SMILES string of the molecule is C=C/C=C(\C=C)C(=O)c1ccc(OC)cc1OC1CO1.CC.CC. The molecule has 0 radical (unpaired) electrons. The van der Waals surface area contributed by atoms with E-state index in [1.165, 1.54) is 6.08 Å². The maximum absolute atomic E-state index is 12.4. The second-order valence-corrected chi connectivity index (χ2v) is 4.13. The van der Waals surface area contributed by atoms with E-state index in [4.69, 9.17) is 14.2 Å². The smallest absolute Gasteiger partial charge is 0.223 e. The van der Waals surface area contributed by atoms with Gasteiger partial charge < -0.3 is 14.2 Å². The highest BCUT2D eigenvalue weighted by atomic mass is 16.8. The predicted octanol–water partition coefficient (Wildman–Crippen LogP) is 4.96. The lowest BCUT2D eigenvalue weighted by Crippen LogP contribution is -2.08. The number of ether oxygens (including phenoxy) is 3. The maximum atomic E-state index is 12.4. The summed E-state index contributed by atoms with van der Waals surface area (Å²) in [4.78, 5) is 12.4. The fourth-order valence-electron chi connectivity index (χ4n) is 1.68. The Morgan fingerprint density at radius 2 is 1.88 bits per heavy atom. The van der Waals surface area contributed by atoms with Crippen molar-refractivity contribution in [2.24, 2.45) is 0 Å². The number of carbonyl (C=O) groups is 1. The van der Waals surface area contributed by atoms with E-state index in [2.05, 4.69) is 13.2 Å². The van der Waals surface area contributed by atoms with Crippen molar-refractivity contribution in [2.45, 2.75) is 34.0 Å². The van der Waals surface area contributed by atoms with Gasteiger partial charge >= 0.3 is 0 Å². The number of benzene rings is 1. The summed E-state index contributed by atoms with van der Waals surface area (Å²) in [5.41, 5.74) is 0.890. The van der Waals surface area contributed by atoms with Gasteiger partial charge in [0.1, 0.15) is 18.1 Å². The average Bonchev–Trinajstić information content (AvgIpc) is 3.46. The van der Waals surface area contributed by atoms with Gasteiger partial charge in [-0.05, 0) is 12.1 Å². The van der Waals surface area contributed by atoms with E-state index in [-0.39, 0.29) is 12.1 Å². The fraction of sp³-hybridized carbons (Fsp3) is 0.350. The highest BCUT2D eigenvalue weighted by Crippen LogP contribution is 2.30. The molecule has 132 valence electrons. The zero-order chi connectivity index (χ0) is 18.5. The second kappa shape index (κ2) is 12.1. The molecule has 24 heavy (non-hydrogen) atoms. The molecule has 1 aliphatic rings. The Balaban J connectivity index is 0.00000123. The highest BCUT2D eigenvalue weighted by molar-refractivity contribution is 6.12. The first-order chi connectivity index (χ1) is 11.7. The first kappa shape index (κ1) is 21.7. The third kappa shape index (κ3) is 6.42. The van der Waals surface area contributed by atoms with Gasteiger partial charge in [0.05, 0.1) is 12.7 Å². The Bertz CT molecular complexity index is 569. The van der Waals surface area contributed by atoms with Crippen molar-refractivity contribution >= 4 is 5.78 Å². The third-order valence-corrected chi connectivity index (χ3v) is 2.77. The number of rotatable bonds is 7. The standard InChI is InChI=1S/C16H16O4.2C2H6/c1-4-6-11(5-2)16(17)13-8-7-12(18-3)9-14(13)20-15-10-19-15;2*1-2/h4-9,15H,1-2,10H2,3H3;2*1-2H3/b11-6+;;. The number of allylic oxidation sites excluding steroid dienone is 4. The van der Waals surface area contributed by atoms with E-state index < -0.39 is 0 Å². The van der Waals surface area contributed by atoms with Gasteiger partial charge in [0.15, 0.2) is 5.78 Å². The molecule has 1 fully saturated rings. The number of Topliss-reactive ketones (excluding diaryl/α,β-unsaturated/α-hetero) is 1. The van der Waals surface area contributed by atoms with Crippen LogP contribution in [0, 0.1) is 0 Å². The summed E-state index contributed by atoms with van der Waals surface area (Å²) >= 11 is 0. The molecular formula is C20H28O4. The zero-order valence-corrected chi connectivity index (χ0v) is 15.3. The number of carbonyl (C=O) groups excluding carboxylic acids is 1. The van der Waals surface area contributed by atoms with E-state index in [0.717, 1.165) is 0 Å². The Kier molecular flexibility index (Phi) is 11.0. The Morgan fingerprint density at radius 3 is 2.33 bits per heavy atom. The molecule has 2 rings (SSSR count). The van der Waals surface area contributed by atoms with Crippen molar-refractivity contribution in [3.63, 3.8) is 0 Å². The van der Waals surface area contributed by atoms with Crippen LogP contribution in [0.25, 0.3) is 0 Å². The van der Waals surface area contributed by atoms with Crippen LogP contribution in [0.15, 0.2) is 55.2 Å². The molecular weight excluding hydrogens is 304 g/mol. The molecule has 1 heterocycles. The molecule has 0 spiro atoms. The summed E-state index contributed by atoms with van der Waals surface area (Å²) in [5, 5.41) is 0. The predicted molar refractivity (Wildman–Crippen MR) is 98.9 cm³/mol. The summed E-state index contributed by atoms with van der Waals surface area (Å²) < 4.78 is 15.8. The average molecular weight is 332 g/mol. The third-order valence-electron chi connectivity index (χ3n) is 2.77. The van der Waals surface area contributed by atoms with Crippen LogP contribution in [0.5, 0.6) is 11.5 Å². The maximum Gasteiger partial charge on any atom is 0.223 e. The van der Waals surface area contributed by atoms with Gasteiger partial charge in [-0.1, -0.05) is 59.1 Å². The molecule has 1 atom stereocenters. The normalized spacial score (nSPS) is 14.9. The lowest BCUT2D eigenvalue weighted by atomic mass is 10.0. The topological polar surface area (TPSA) is 48.1 Å². The molecule has 1 aromatic carbocycles. The Labute approximate surface area is 145 Å². The number of ketones is 1. The first-order valence-corrected chi connectivity index (χ1v) is 8.15. The molecule has 1 unspecified atom stereocenters. The first-order valence-electron chi connectivity index (χ1n) is 8.15.